The minimum atomic E-state index is -0.406. The summed E-state index contributed by atoms with van der Waals surface area (Å²) in [6, 6.07) is 6.64. The Hall–Kier alpha value is -1.99. The molecule has 0 radical (unpaired) electrons. The van der Waals surface area contributed by atoms with Crippen LogP contribution in [0.2, 0.25) is 0 Å². The molecule has 0 aliphatic carbocycles. The van der Waals surface area contributed by atoms with Gasteiger partial charge in [-0.25, -0.2) is 0 Å². The molecule has 100 valence electrons. The molecule has 2 amide bonds. The van der Waals surface area contributed by atoms with Crippen LogP contribution in [0.4, 0.5) is 0 Å². The molecular weight excluding hydrogens is 266 g/mol. The summed E-state index contributed by atoms with van der Waals surface area (Å²) in [6.07, 6.45) is 0. The third kappa shape index (κ3) is 2.72. The van der Waals surface area contributed by atoms with Crippen molar-refractivity contribution in [2.24, 2.45) is 0 Å². The van der Waals surface area contributed by atoms with Crippen molar-refractivity contribution in [3.8, 4) is 0 Å². The fourth-order valence-corrected chi connectivity index (χ4v) is 1.89. The smallest absolute Gasteiger partial charge is 0.280 e. The van der Waals surface area contributed by atoms with Gasteiger partial charge in [0, 0.05) is 13.7 Å². The van der Waals surface area contributed by atoms with Crippen LogP contribution in [0, 0.1) is 0 Å². The average Bonchev–Trinajstić information content (AvgIpc) is 2.65. The first-order valence-corrected chi connectivity index (χ1v) is 6.07. The summed E-state index contributed by atoms with van der Waals surface area (Å²) in [4.78, 5) is 24.0. The first-order valence-electron chi connectivity index (χ1n) is 5.66. The molecule has 2 N–H and O–H groups in total. The number of amides is 2. The van der Waals surface area contributed by atoms with Crippen molar-refractivity contribution < 1.29 is 14.3 Å². The maximum absolute atomic E-state index is 12.0. The molecule has 0 atom stereocenters. The number of hydrazine groups is 1. The van der Waals surface area contributed by atoms with Gasteiger partial charge in [0.05, 0.1) is 17.7 Å². The van der Waals surface area contributed by atoms with E-state index in [0.29, 0.717) is 24.3 Å². The highest BCUT2D eigenvalue weighted by atomic mass is 32.1. The van der Waals surface area contributed by atoms with Gasteiger partial charge in [-0.3, -0.25) is 15.0 Å². The quantitative estimate of drug-likeness (QED) is 0.469. The molecule has 19 heavy (non-hydrogen) atoms. The molecule has 1 aliphatic rings. The van der Waals surface area contributed by atoms with E-state index in [9.17, 15) is 9.59 Å². The number of rotatable bonds is 4. The van der Waals surface area contributed by atoms with Gasteiger partial charge in [-0.1, -0.05) is 12.1 Å². The number of ether oxygens (including phenoxy) is 1. The monoisotopic (exact) mass is 279 g/mol. The fraction of sp³-hybridized carbons (Fsp3) is 0.250. The first kappa shape index (κ1) is 13.4. The molecule has 0 fully saturated rings. The molecule has 0 saturated heterocycles. The Kier molecular flexibility index (Phi) is 4.08. The summed E-state index contributed by atoms with van der Waals surface area (Å²) in [6.45, 7) is 0.968. The number of carbonyl (C=O) groups excluding carboxylic acids is 2. The molecule has 0 saturated carbocycles. The summed E-state index contributed by atoms with van der Waals surface area (Å²) in [5.74, 6) is -0.812. The van der Waals surface area contributed by atoms with Crippen LogP contribution in [0.25, 0.3) is 0 Å². The topological polar surface area (TPSA) is 70.7 Å². The van der Waals surface area contributed by atoms with E-state index in [1.807, 2.05) is 0 Å². The molecule has 2 rings (SSSR count). The van der Waals surface area contributed by atoms with Crippen LogP contribution in [0.15, 0.2) is 24.3 Å². The third-order valence-electron chi connectivity index (χ3n) is 2.60. The van der Waals surface area contributed by atoms with Gasteiger partial charge in [-0.2, -0.15) is 5.01 Å². The third-order valence-corrected chi connectivity index (χ3v) is 2.83. The van der Waals surface area contributed by atoms with E-state index in [-0.39, 0.29) is 5.11 Å². The van der Waals surface area contributed by atoms with E-state index in [1.54, 1.807) is 31.4 Å². The standard InChI is InChI=1S/C12H13N3O3S/c1-18-7-6-13-12(19)14-15-10(16)8-4-2-3-5-9(8)11(15)17/h2-5H,6-7H2,1H3,(H2,13,14,19). The number of imide groups is 1. The van der Waals surface area contributed by atoms with Crippen molar-refractivity contribution in [2.75, 3.05) is 20.3 Å². The molecule has 0 aromatic heterocycles. The Morgan fingerprint density at radius 2 is 1.84 bits per heavy atom. The molecule has 6 nitrogen and oxygen atoms in total. The molecule has 7 heteroatoms. The van der Waals surface area contributed by atoms with Crippen LogP contribution >= 0.6 is 12.2 Å². The SMILES string of the molecule is COCCNC(=S)NN1C(=O)c2ccccc2C1=O. The van der Waals surface area contributed by atoms with Gasteiger partial charge >= 0.3 is 0 Å². The lowest BCUT2D eigenvalue weighted by Gasteiger charge is -2.17. The molecule has 1 aromatic carbocycles. The normalized spacial score (nSPS) is 13.4. The second-order valence-corrected chi connectivity index (χ2v) is 4.26. The molecule has 1 aromatic rings. The predicted octanol–water partition coefficient (Wildman–Crippen LogP) is 0.308. The number of nitrogens with one attached hydrogen (secondary N) is 2. The largest absolute Gasteiger partial charge is 0.383 e. The lowest BCUT2D eigenvalue weighted by molar-refractivity contribution is 0.0611. The second-order valence-electron chi connectivity index (χ2n) is 3.85. The molecule has 0 bridgehead atoms. The van der Waals surface area contributed by atoms with Gasteiger partial charge in [0.25, 0.3) is 11.8 Å². The number of hydrogen-bond donors (Lipinski definition) is 2. The van der Waals surface area contributed by atoms with Crippen LogP contribution < -0.4 is 10.7 Å². The van der Waals surface area contributed by atoms with Crippen LogP contribution in [0.1, 0.15) is 20.7 Å². The van der Waals surface area contributed by atoms with Crippen molar-refractivity contribution in [2.45, 2.75) is 0 Å². The summed E-state index contributed by atoms with van der Waals surface area (Å²) in [7, 11) is 1.57. The molecule has 0 unspecified atom stereocenters. The van der Waals surface area contributed by atoms with Crippen LogP contribution in [-0.4, -0.2) is 42.2 Å². The Balaban J connectivity index is 2.02. The maximum atomic E-state index is 12.0. The Morgan fingerprint density at radius 3 is 2.37 bits per heavy atom. The highest BCUT2D eigenvalue weighted by Crippen LogP contribution is 2.20. The number of methoxy groups -OCH3 is 1. The van der Waals surface area contributed by atoms with Crippen molar-refractivity contribution in [1.82, 2.24) is 15.8 Å². The van der Waals surface area contributed by atoms with Gasteiger partial charge in [0.15, 0.2) is 5.11 Å². The van der Waals surface area contributed by atoms with Gasteiger partial charge in [-0.05, 0) is 24.4 Å². The molecule has 1 aliphatic heterocycles. The van der Waals surface area contributed by atoms with Gasteiger partial charge < -0.3 is 10.1 Å². The summed E-state index contributed by atoms with van der Waals surface area (Å²) in [5.41, 5.74) is 3.33. The van der Waals surface area contributed by atoms with E-state index in [0.717, 1.165) is 5.01 Å². The van der Waals surface area contributed by atoms with E-state index in [2.05, 4.69) is 10.7 Å². The summed E-state index contributed by atoms with van der Waals surface area (Å²) in [5, 5.41) is 3.94. The van der Waals surface area contributed by atoms with Crippen molar-refractivity contribution in [3.63, 3.8) is 0 Å². The zero-order valence-electron chi connectivity index (χ0n) is 10.3. The predicted molar refractivity (Wildman–Crippen MR) is 72.6 cm³/mol. The lowest BCUT2D eigenvalue weighted by atomic mass is 10.1. The highest BCUT2D eigenvalue weighted by Gasteiger charge is 2.35. The Labute approximate surface area is 115 Å². The van der Waals surface area contributed by atoms with Crippen molar-refractivity contribution in [3.05, 3.63) is 35.4 Å². The number of carbonyl (C=O) groups is 2. The number of fused-ring (bicyclic) bond motifs is 1. The van der Waals surface area contributed by atoms with E-state index in [4.69, 9.17) is 17.0 Å². The van der Waals surface area contributed by atoms with E-state index < -0.39 is 11.8 Å². The van der Waals surface area contributed by atoms with Gasteiger partial charge in [-0.15, -0.1) is 0 Å². The van der Waals surface area contributed by atoms with Crippen LogP contribution in [-0.2, 0) is 4.74 Å². The lowest BCUT2D eigenvalue weighted by Crippen LogP contribution is -2.50. The van der Waals surface area contributed by atoms with E-state index >= 15 is 0 Å². The van der Waals surface area contributed by atoms with Crippen LogP contribution in [0.5, 0.6) is 0 Å². The summed E-state index contributed by atoms with van der Waals surface area (Å²) >= 11 is 5.00. The molecule has 0 spiro atoms. The fourth-order valence-electron chi connectivity index (χ4n) is 1.70. The summed E-state index contributed by atoms with van der Waals surface area (Å²) < 4.78 is 4.86. The average molecular weight is 279 g/mol. The van der Waals surface area contributed by atoms with Crippen LogP contribution in [0.3, 0.4) is 0 Å². The van der Waals surface area contributed by atoms with Gasteiger partial charge in [0.2, 0.25) is 0 Å². The van der Waals surface area contributed by atoms with Crippen molar-refractivity contribution in [1.29, 1.82) is 0 Å². The van der Waals surface area contributed by atoms with Gasteiger partial charge in [0.1, 0.15) is 0 Å². The highest BCUT2D eigenvalue weighted by molar-refractivity contribution is 7.80. The Bertz CT molecular complexity index is 498. The number of nitrogens with zero attached hydrogens (tertiary/aromatic N) is 1. The number of hydrogen-bond acceptors (Lipinski definition) is 4. The zero-order valence-corrected chi connectivity index (χ0v) is 11.1. The number of thiocarbonyl (C=S) groups is 1. The molecule has 1 heterocycles. The van der Waals surface area contributed by atoms with Crippen molar-refractivity contribution >= 4 is 29.1 Å². The zero-order chi connectivity index (χ0) is 13.8. The number of benzene rings is 1. The Morgan fingerprint density at radius 1 is 1.26 bits per heavy atom. The minimum Gasteiger partial charge on any atom is -0.383 e. The first-order chi connectivity index (χ1) is 9.15. The minimum absolute atomic E-state index is 0.201. The second kappa shape index (κ2) is 5.77. The van der Waals surface area contributed by atoms with E-state index in [1.165, 1.54) is 0 Å². The maximum Gasteiger partial charge on any atom is 0.280 e. The molecular formula is C12H13N3O3S.